The lowest BCUT2D eigenvalue weighted by molar-refractivity contribution is -0.141. The molecule has 0 fully saturated rings. The van der Waals surface area contributed by atoms with E-state index in [-0.39, 0.29) is 17.3 Å². The Morgan fingerprint density at radius 1 is 0.975 bits per heavy atom. The standard InChI is InChI=1S/C28H20F4N6O2/c1-14-6-7-15(26(39)37-22-5-3-4-20(36-22)28(30,31)32)10-18(14)19-11-17-13-35-27(33)38-24(17)23(25(19)40-2)16-8-9-21(29)34-12-16/h3-13H,1-2H3,(H2,33,35,38)(H,36,37,39). The molecule has 5 aromatic rings. The second-order valence-corrected chi connectivity index (χ2v) is 8.76. The monoisotopic (exact) mass is 548 g/mol. The number of halogens is 4. The minimum atomic E-state index is -4.66. The molecule has 40 heavy (non-hydrogen) atoms. The van der Waals surface area contributed by atoms with Gasteiger partial charge in [-0.25, -0.2) is 19.9 Å². The van der Waals surface area contributed by atoms with Crippen LogP contribution in [-0.2, 0) is 6.18 Å². The quantitative estimate of drug-likeness (QED) is 0.203. The van der Waals surface area contributed by atoms with Crippen LogP contribution in [0.15, 0.2) is 67.0 Å². The van der Waals surface area contributed by atoms with Gasteiger partial charge in [-0.15, -0.1) is 0 Å². The summed E-state index contributed by atoms with van der Waals surface area (Å²) in [6, 6.07) is 12.6. The number of hydrogen-bond acceptors (Lipinski definition) is 7. The number of hydrogen-bond donors (Lipinski definition) is 2. The van der Waals surface area contributed by atoms with E-state index in [4.69, 9.17) is 10.5 Å². The average molecular weight is 549 g/mol. The smallest absolute Gasteiger partial charge is 0.433 e. The van der Waals surface area contributed by atoms with E-state index < -0.39 is 23.7 Å². The number of nitrogens with one attached hydrogen (secondary N) is 1. The van der Waals surface area contributed by atoms with Crippen LogP contribution < -0.4 is 15.8 Å². The van der Waals surface area contributed by atoms with Crippen molar-refractivity contribution in [2.45, 2.75) is 13.1 Å². The molecule has 0 saturated carbocycles. The number of pyridine rings is 2. The van der Waals surface area contributed by atoms with Gasteiger partial charge in [0.2, 0.25) is 11.9 Å². The van der Waals surface area contributed by atoms with Crippen LogP contribution in [0, 0.1) is 12.9 Å². The van der Waals surface area contributed by atoms with Gasteiger partial charge in [-0.1, -0.05) is 12.1 Å². The number of rotatable bonds is 5. The zero-order chi connectivity index (χ0) is 28.6. The van der Waals surface area contributed by atoms with Gasteiger partial charge < -0.3 is 15.8 Å². The number of nitrogens with two attached hydrogens (primary N) is 1. The maximum absolute atomic E-state index is 13.6. The number of nitrogen functional groups attached to an aromatic ring is 1. The molecule has 0 aliphatic carbocycles. The predicted octanol–water partition coefficient (Wildman–Crippen LogP) is 6.06. The first-order chi connectivity index (χ1) is 19.0. The molecule has 3 heterocycles. The summed E-state index contributed by atoms with van der Waals surface area (Å²) in [6.07, 6.45) is -1.78. The molecule has 0 bridgehead atoms. The van der Waals surface area contributed by atoms with Gasteiger partial charge in [-0.2, -0.15) is 17.6 Å². The Kier molecular flexibility index (Phi) is 6.76. The summed E-state index contributed by atoms with van der Waals surface area (Å²) in [5.41, 5.74) is 8.27. The van der Waals surface area contributed by atoms with Gasteiger partial charge in [-0.3, -0.25) is 4.79 Å². The number of carbonyl (C=O) groups excluding carboxylic acids is 1. The fourth-order valence-corrected chi connectivity index (χ4v) is 4.28. The molecule has 0 aliphatic rings. The van der Waals surface area contributed by atoms with Gasteiger partial charge in [0, 0.05) is 34.5 Å². The molecule has 2 aromatic carbocycles. The van der Waals surface area contributed by atoms with E-state index in [2.05, 4.69) is 25.3 Å². The van der Waals surface area contributed by atoms with E-state index in [1.54, 1.807) is 24.3 Å². The number of ether oxygens (including phenoxy) is 1. The molecule has 3 N–H and O–H groups in total. The van der Waals surface area contributed by atoms with Gasteiger partial charge in [0.25, 0.3) is 5.91 Å². The highest BCUT2D eigenvalue weighted by Crippen LogP contribution is 2.44. The molecule has 1 amide bonds. The van der Waals surface area contributed by atoms with Crippen LogP contribution >= 0.6 is 0 Å². The fraction of sp³-hybridized carbons (Fsp3) is 0.107. The lowest BCUT2D eigenvalue weighted by atomic mass is 9.91. The van der Waals surface area contributed by atoms with E-state index in [0.29, 0.717) is 38.9 Å². The molecule has 0 spiro atoms. The lowest BCUT2D eigenvalue weighted by Gasteiger charge is -2.18. The molecule has 0 radical (unpaired) electrons. The van der Waals surface area contributed by atoms with Gasteiger partial charge >= 0.3 is 6.18 Å². The summed E-state index contributed by atoms with van der Waals surface area (Å²) >= 11 is 0. The number of fused-ring (bicyclic) bond motifs is 1. The van der Waals surface area contributed by atoms with Crippen LogP contribution in [0.5, 0.6) is 5.75 Å². The third-order valence-corrected chi connectivity index (χ3v) is 6.14. The van der Waals surface area contributed by atoms with E-state index in [1.807, 2.05) is 6.92 Å². The van der Waals surface area contributed by atoms with Crippen molar-refractivity contribution in [3.8, 4) is 28.0 Å². The number of aromatic nitrogens is 4. The van der Waals surface area contributed by atoms with Crippen molar-refractivity contribution in [2.24, 2.45) is 0 Å². The van der Waals surface area contributed by atoms with E-state index >= 15 is 0 Å². The lowest BCUT2D eigenvalue weighted by Crippen LogP contribution is -2.15. The topological polar surface area (TPSA) is 116 Å². The van der Waals surface area contributed by atoms with Crippen LogP contribution in [0.4, 0.5) is 29.3 Å². The fourth-order valence-electron chi connectivity index (χ4n) is 4.28. The van der Waals surface area contributed by atoms with Crippen molar-refractivity contribution >= 4 is 28.6 Å². The molecular weight excluding hydrogens is 528 g/mol. The van der Waals surface area contributed by atoms with Crippen molar-refractivity contribution in [3.05, 3.63) is 89.8 Å². The summed E-state index contributed by atoms with van der Waals surface area (Å²) < 4.78 is 58.7. The molecule has 0 saturated heterocycles. The molecule has 0 unspecified atom stereocenters. The van der Waals surface area contributed by atoms with Crippen LogP contribution in [0.2, 0.25) is 0 Å². The van der Waals surface area contributed by atoms with Crippen LogP contribution in [0.1, 0.15) is 21.6 Å². The first-order valence-electron chi connectivity index (χ1n) is 11.8. The number of alkyl halides is 3. The number of amides is 1. The second kappa shape index (κ2) is 10.2. The van der Waals surface area contributed by atoms with E-state index in [1.165, 1.54) is 37.7 Å². The largest absolute Gasteiger partial charge is 0.495 e. The molecule has 0 aliphatic heterocycles. The number of nitrogens with zero attached hydrogens (tertiary/aromatic N) is 4. The van der Waals surface area contributed by atoms with Crippen LogP contribution in [0.25, 0.3) is 33.2 Å². The zero-order valence-electron chi connectivity index (χ0n) is 21.0. The zero-order valence-corrected chi connectivity index (χ0v) is 21.0. The highest BCUT2D eigenvalue weighted by molar-refractivity contribution is 6.06. The Morgan fingerprint density at radius 2 is 1.77 bits per heavy atom. The number of benzene rings is 2. The van der Waals surface area contributed by atoms with Gasteiger partial charge in [0.05, 0.1) is 18.2 Å². The predicted molar refractivity (Wildman–Crippen MR) is 141 cm³/mol. The second-order valence-electron chi connectivity index (χ2n) is 8.76. The maximum atomic E-state index is 13.6. The first kappa shape index (κ1) is 26.5. The Morgan fingerprint density at radius 3 is 2.48 bits per heavy atom. The number of carbonyl (C=O) groups is 1. The number of anilines is 2. The summed E-state index contributed by atoms with van der Waals surface area (Å²) in [5, 5.41) is 3.01. The van der Waals surface area contributed by atoms with E-state index in [0.717, 1.165) is 17.7 Å². The number of methoxy groups -OCH3 is 1. The highest BCUT2D eigenvalue weighted by Gasteiger charge is 2.32. The molecular formula is C28H20F4N6O2. The average Bonchev–Trinajstić information content (AvgIpc) is 2.92. The van der Waals surface area contributed by atoms with Crippen LogP contribution in [-0.4, -0.2) is 33.0 Å². The van der Waals surface area contributed by atoms with E-state index in [9.17, 15) is 22.4 Å². The van der Waals surface area contributed by atoms with Crippen molar-refractivity contribution in [2.75, 3.05) is 18.2 Å². The van der Waals surface area contributed by atoms with Crippen molar-refractivity contribution in [1.29, 1.82) is 0 Å². The maximum Gasteiger partial charge on any atom is 0.433 e. The Hall–Kier alpha value is -5.13. The molecule has 3 aromatic heterocycles. The Balaban J connectivity index is 1.64. The normalized spacial score (nSPS) is 11.4. The minimum Gasteiger partial charge on any atom is -0.495 e. The van der Waals surface area contributed by atoms with Crippen LogP contribution in [0.3, 0.4) is 0 Å². The molecule has 5 rings (SSSR count). The molecule has 8 nitrogen and oxygen atoms in total. The third-order valence-electron chi connectivity index (χ3n) is 6.14. The summed E-state index contributed by atoms with van der Waals surface area (Å²) in [5.74, 6) is -1.18. The summed E-state index contributed by atoms with van der Waals surface area (Å²) in [6.45, 7) is 1.83. The van der Waals surface area contributed by atoms with Crippen molar-refractivity contribution < 1.29 is 27.1 Å². The van der Waals surface area contributed by atoms with Gasteiger partial charge in [0.15, 0.2) is 0 Å². The Labute approximate surface area is 224 Å². The molecule has 12 heteroatoms. The van der Waals surface area contributed by atoms with Gasteiger partial charge in [-0.05, 0) is 60.5 Å². The molecule has 0 atom stereocenters. The Bertz CT molecular complexity index is 1760. The minimum absolute atomic E-state index is 0.0247. The third kappa shape index (κ3) is 5.10. The number of aryl methyl sites for hydroxylation is 1. The SMILES string of the molecule is COc1c(-c2cc(C(=O)Nc3cccc(C(F)(F)F)n3)ccc2C)cc2cnc(N)nc2c1-c1ccc(F)nc1. The molecule has 202 valence electrons. The first-order valence-corrected chi connectivity index (χ1v) is 11.8. The summed E-state index contributed by atoms with van der Waals surface area (Å²) in [4.78, 5) is 28.8. The van der Waals surface area contributed by atoms with Gasteiger partial charge in [0.1, 0.15) is 17.3 Å². The highest BCUT2D eigenvalue weighted by atomic mass is 19.4. The summed E-state index contributed by atoms with van der Waals surface area (Å²) in [7, 11) is 1.46. The van der Waals surface area contributed by atoms with Crippen molar-refractivity contribution in [1.82, 2.24) is 19.9 Å². The van der Waals surface area contributed by atoms with Crippen molar-refractivity contribution in [3.63, 3.8) is 0 Å².